The molecule has 1 aromatic heterocycles. The maximum absolute atomic E-state index is 13.0. The first-order valence-electron chi connectivity index (χ1n) is 11.8. The SMILES string of the molecule is COc1ccc(CN(Cc2cc3cc4c(cc3[nH]c2=O)OCCO4)C(=S)NC[C@@H]2CCCO2)cc1. The Balaban J connectivity index is 1.40. The lowest BCUT2D eigenvalue weighted by molar-refractivity contribution is 0.113. The molecule has 0 bridgehead atoms. The standard InChI is InChI=1S/C26H29N3O5S/c1-31-20-6-4-17(5-7-20)15-29(26(35)27-14-21-3-2-8-32-21)16-19-11-18-12-23-24(34-10-9-33-23)13-22(18)28-25(19)30/h4-7,11-13,21H,2-3,8-10,14-16H2,1H3,(H,27,35)(H,28,30)/t21-/m0/s1. The molecule has 1 saturated heterocycles. The predicted molar refractivity (Wildman–Crippen MR) is 137 cm³/mol. The molecule has 2 aliphatic rings. The lowest BCUT2D eigenvalue weighted by atomic mass is 10.1. The molecule has 5 rings (SSSR count). The number of methoxy groups -OCH3 is 1. The van der Waals surface area contributed by atoms with E-state index in [0.717, 1.165) is 36.1 Å². The van der Waals surface area contributed by atoms with Crippen molar-refractivity contribution < 1.29 is 18.9 Å². The third-order valence-corrected chi connectivity index (χ3v) is 6.67. The number of hydrogen-bond donors (Lipinski definition) is 2. The monoisotopic (exact) mass is 495 g/mol. The highest BCUT2D eigenvalue weighted by molar-refractivity contribution is 7.80. The molecule has 0 spiro atoms. The minimum absolute atomic E-state index is 0.157. The Morgan fingerprint density at radius 1 is 1.11 bits per heavy atom. The molecule has 0 amide bonds. The molecule has 2 aromatic carbocycles. The Morgan fingerprint density at radius 2 is 1.89 bits per heavy atom. The number of hydrogen-bond acceptors (Lipinski definition) is 6. The van der Waals surface area contributed by atoms with E-state index in [4.69, 9.17) is 31.2 Å². The van der Waals surface area contributed by atoms with E-state index in [-0.39, 0.29) is 11.7 Å². The smallest absolute Gasteiger partial charge is 0.253 e. The van der Waals surface area contributed by atoms with Gasteiger partial charge in [-0.1, -0.05) is 12.1 Å². The van der Waals surface area contributed by atoms with E-state index in [1.165, 1.54) is 0 Å². The minimum Gasteiger partial charge on any atom is -0.497 e. The average molecular weight is 496 g/mol. The highest BCUT2D eigenvalue weighted by Crippen LogP contribution is 2.33. The lowest BCUT2D eigenvalue weighted by Crippen LogP contribution is -2.42. The van der Waals surface area contributed by atoms with Crippen molar-refractivity contribution in [1.29, 1.82) is 0 Å². The number of rotatable bonds is 7. The highest BCUT2D eigenvalue weighted by atomic mass is 32.1. The van der Waals surface area contributed by atoms with Gasteiger partial charge in [0.15, 0.2) is 16.6 Å². The Bertz CT molecular complexity index is 1250. The molecule has 0 unspecified atom stereocenters. The highest BCUT2D eigenvalue weighted by Gasteiger charge is 2.19. The third kappa shape index (κ3) is 5.52. The van der Waals surface area contributed by atoms with Gasteiger partial charge in [0, 0.05) is 36.7 Å². The van der Waals surface area contributed by atoms with Gasteiger partial charge in [0.1, 0.15) is 19.0 Å². The fourth-order valence-corrected chi connectivity index (χ4v) is 4.59. The Morgan fingerprint density at radius 3 is 2.60 bits per heavy atom. The first-order chi connectivity index (χ1) is 17.1. The van der Waals surface area contributed by atoms with Crippen molar-refractivity contribution in [1.82, 2.24) is 15.2 Å². The van der Waals surface area contributed by atoms with Crippen LogP contribution in [-0.4, -0.2) is 54.6 Å². The molecule has 3 aromatic rings. The first kappa shape index (κ1) is 23.4. The third-order valence-electron chi connectivity index (χ3n) is 6.27. The maximum atomic E-state index is 13.0. The van der Waals surface area contributed by atoms with Gasteiger partial charge in [0.2, 0.25) is 0 Å². The van der Waals surface area contributed by atoms with Crippen LogP contribution < -0.4 is 25.1 Å². The van der Waals surface area contributed by atoms with Gasteiger partial charge in [0.05, 0.1) is 25.3 Å². The van der Waals surface area contributed by atoms with Crippen molar-refractivity contribution >= 4 is 28.2 Å². The van der Waals surface area contributed by atoms with Gasteiger partial charge in [-0.05, 0) is 54.9 Å². The molecular formula is C26H29N3O5S. The van der Waals surface area contributed by atoms with E-state index in [1.54, 1.807) is 7.11 Å². The summed E-state index contributed by atoms with van der Waals surface area (Å²) in [5, 5.41) is 4.81. The van der Waals surface area contributed by atoms with Gasteiger partial charge in [-0.2, -0.15) is 0 Å². The van der Waals surface area contributed by atoms with Gasteiger partial charge >= 0.3 is 0 Å². The molecule has 35 heavy (non-hydrogen) atoms. The second-order valence-electron chi connectivity index (χ2n) is 8.73. The molecule has 0 aliphatic carbocycles. The number of ether oxygens (including phenoxy) is 4. The van der Waals surface area contributed by atoms with Gasteiger partial charge in [-0.3, -0.25) is 4.79 Å². The van der Waals surface area contributed by atoms with Crippen LogP contribution in [0.1, 0.15) is 24.0 Å². The zero-order chi connectivity index (χ0) is 24.2. The Kier molecular flexibility index (Phi) is 7.06. The summed E-state index contributed by atoms with van der Waals surface area (Å²) in [7, 11) is 1.64. The molecule has 2 aliphatic heterocycles. The van der Waals surface area contributed by atoms with E-state index in [0.29, 0.717) is 60.5 Å². The van der Waals surface area contributed by atoms with Crippen molar-refractivity contribution in [3.05, 3.63) is 63.9 Å². The largest absolute Gasteiger partial charge is 0.497 e. The normalized spacial score (nSPS) is 16.8. The summed E-state index contributed by atoms with van der Waals surface area (Å²) in [4.78, 5) is 18.0. The second kappa shape index (κ2) is 10.5. The van der Waals surface area contributed by atoms with Crippen molar-refractivity contribution in [2.75, 3.05) is 33.5 Å². The van der Waals surface area contributed by atoms with Crippen molar-refractivity contribution in [2.45, 2.75) is 32.0 Å². The number of nitrogens with one attached hydrogen (secondary N) is 2. The molecule has 0 saturated carbocycles. The van der Waals surface area contributed by atoms with Gasteiger partial charge in [0.25, 0.3) is 5.56 Å². The molecule has 9 heteroatoms. The summed E-state index contributed by atoms with van der Waals surface area (Å²) in [6.07, 6.45) is 2.25. The number of fused-ring (bicyclic) bond motifs is 2. The number of nitrogens with zero attached hydrogens (tertiary/aromatic N) is 1. The molecule has 8 nitrogen and oxygen atoms in total. The molecular weight excluding hydrogens is 466 g/mol. The van der Waals surface area contributed by atoms with Crippen LogP contribution in [0.2, 0.25) is 0 Å². The van der Waals surface area contributed by atoms with Crippen LogP contribution in [0, 0.1) is 0 Å². The van der Waals surface area contributed by atoms with E-state index >= 15 is 0 Å². The fraction of sp³-hybridized carbons (Fsp3) is 0.385. The number of pyridine rings is 1. The van der Waals surface area contributed by atoms with Gasteiger partial charge in [-0.25, -0.2) is 0 Å². The number of benzene rings is 2. The Hall–Kier alpha value is -3.30. The first-order valence-corrected chi connectivity index (χ1v) is 12.2. The van der Waals surface area contributed by atoms with E-state index < -0.39 is 0 Å². The van der Waals surface area contributed by atoms with Crippen LogP contribution in [0.3, 0.4) is 0 Å². The quantitative estimate of drug-likeness (QED) is 0.483. The summed E-state index contributed by atoms with van der Waals surface area (Å²) < 4.78 is 22.4. The maximum Gasteiger partial charge on any atom is 0.253 e. The fourth-order valence-electron chi connectivity index (χ4n) is 4.38. The minimum atomic E-state index is -0.157. The topological polar surface area (TPSA) is 85.1 Å². The van der Waals surface area contributed by atoms with Crippen LogP contribution in [0.5, 0.6) is 17.2 Å². The van der Waals surface area contributed by atoms with E-state index in [2.05, 4.69) is 10.3 Å². The molecule has 1 fully saturated rings. The zero-order valence-corrected chi connectivity index (χ0v) is 20.5. The average Bonchev–Trinajstić information content (AvgIpc) is 3.40. The molecule has 3 heterocycles. The summed E-state index contributed by atoms with van der Waals surface area (Å²) in [5.74, 6) is 2.12. The van der Waals surface area contributed by atoms with Crippen LogP contribution >= 0.6 is 12.2 Å². The van der Waals surface area contributed by atoms with Crippen LogP contribution in [0.4, 0.5) is 0 Å². The number of H-pyrrole nitrogens is 1. The molecule has 184 valence electrons. The second-order valence-corrected chi connectivity index (χ2v) is 9.12. The zero-order valence-electron chi connectivity index (χ0n) is 19.7. The van der Waals surface area contributed by atoms with Gasteiger partial charge in [-0.15, -0.1) is 0 Å². The summed E-state index contributed by atoms with van der Waals surface area (Å²) in [6.45, 7) is 3.34. The summed E-state index contributed by atoms with van der Waals surface area (Å²) in [5.41, 5.74) is 2.23. The van der Waals surface area contributed by atoms with E-state index in [9.17, 15) is 4.79 Å². The van der Waals surface area contributed by atoms with Crippen molar-refractivity contribution in [3.8, 4) is 17.2 Å². The summed E-state index contributed by atoms with van der Waals surface area (Å²) >= 11 is 5.76. The van der Waals surface area contributed by atoms with Gasteiger partial charge < -0.3 is 34.1 Å². The number of aromatic nitrogens is 1. The van der Waals surface area contributed by atoms with Crippen LogP contribution in [-0.2, 0) is 17.8 Å². The van der Waals surface area contributed by atoms with Crippen LogP contribution in [0.15, 0.2) is 47.3 Å². The molecule has 0 radical (unpaired) electrons. The van der Waals surface area contributed by atoms with Crippen molar-refractivity contribution in [2.24, 2.45) is 0 Å². The van der Waals surface area contributed by atoms with Crippen LogP contribution in [0.25, 0.3) is 10.9 Å². The number of aromatic amines is 1. The van der Waals surface area contributed by atoms with E-state index in [1.807, 2.05) is 47.4 Å². The number of thiocarbonyl (C=S) groups is 1. The Labute approximate surface area is 209 Å². The molecule has 1 atom stereocenters. The molecule has 2 N–H and O–H groups in total. The summed E-state index contributed by atoms with van der Waals surface area (Å²) in [6, 6.07) is 13.5. The van der Waals surface area contributed by atoms with Crippen molar-refractivity contribution in [3.63, 3.8) is 0 Å². The predicted octanol–water partition coefficient (Wildman–Crippen LogP) is 3.36. The lowest BCUT2D eigenvalue weighted by Gasteiger charge is -2.27.